The lowest BCUT2D eigenvalue weighted by atomic mass is 10.2. The van der Waals surface area contributed by atoms with E-state index in [-0.39, 0.29) is 18.1 Å². The first-order valence-corrected chi connectivity index (χ1v) is 6.38. The van der Waals surface area contributed by atoms with Gasteiger partial charge >= 0.3 is 0 Å². The van der Waals surface area contributed by atoms with Crippen molar-refractivity contribution < 1.29 is 14.3 Å². The van der Waals surface area contributed by atoms with E-state index >= 15 is 0 Å². The van der Waals surface area contributed by atoms with Crippen molar-refractivity contribution in [2.24, 2.45) is 5.73 Å². The van der Waals surface area contributed by atoms with E-state index in [4.69, 9.17) is 15.2 Å². The second-order valence-electron chi connectivity index (χ2n) is 4.39. The van der Waals surface area contributed by atoms with Gasteiger partial charge in [0, 0.05) is 32.8 Å². The average Bonchev–Trinajstić information content (AvgIpc) is 2.53. The van der Waals surface area contributed by atoms with E-state index in [1.165, 1.54) is 0 Å². The minimum atomic E-state index is -0.160. The summed E-state index contributed by atoms with van der Waals surface area (Å²) in [5.41, 5.74) is 5.57. The molecule has 5 heteroatoms. The summed E-state index contributed by atoms with van der Waals surface area (Å²) in [4.78, 5) is 13.9. The maximum Gasteiger partial charge on any atom is 0.225 e. The summed E-state index contributed by atoms with van der Waals surface area (Å²) >= 11 is 0. The van der Waals surface area contributed by atoms with Gasteiger partial charge in [0.1, 0.15) is 0 Å². The fourth-order valence-electron chi connectivity index (χ4n) is 1.99. The number of carbonyl (C=O) groups excluding carboxylic acids is 1. The highest BCUT2D eigenvalue weighted by Crippen LogP contribution is 2.09. The lowest BCUT2D eigenvalue weighted by Gasteiger charge is -2.24. The highest BCUT2D eigenvalue weighted by Gasteiger charge is 2.22. The Morgan fingerprint density at radius 1 is 1.65 bits per heavy atom. The van der Waals surface area contributed by atoms with Crippen LogP contribution in [0.1, 0.15) is 26.7 Å². The molecular weight excluding hydrogens is 220 g/mol. The SMILES string of the molecule is CCOC(CN)CC(=O)N1CCCOC(C)C1. The smallest absolute Gasteiger partial charge is 0.225 e. The van der Waals surface area contributed by atoms with Gasteiger partial charge in [-0.1, -0.05) is 0 Å². The molecule has 1 fully saturated rings. The van der Waals surface area contributed by atoms with Crippen LogP contribution in [0, 0.1) is 0 Å². The Hall–Kier alpha value is -0.650. The summed E-state index contributed by atoms with van der Waals surface area (Å²) in [5, 5.41) is 0. The molecule has 100 valence electrons. The number of nitrogens with zero attached hydrogens (tertiary/aromatic N) is 1. The molecule has 1 aliphatic rings. The zero-order valence-corrected chi connectivity index (χ0v) is 10.9. The van der Waals surface area contributed by atoms with Crippen molar-refractivity contribution in [1.82, 2.24) is 4.90 Å². The van der Waals surface area contributed by atoms with Crippen molar-refractivity contribution in [3.05, 3.63) is 0 Å². The van der Waals surface area contributed by atoms with E-state index in [0.29, 0.717) is 26.1 Å². The zero-order valence-electron chi connectivity index (χ0n) is 10.9. The largest absolute Gasteiger partial charge is 0.377 e. The molecule has 2 N–H and O–H groups in total. The van der Waals surface area contributed by atoms with Gasteiger partial charge in [-0.3, -0.25) is 4.79 Å². The van der Waals surface area contributed by atoms with Crippen molar-refractivity contribution in [3.8, 4) is 0 Å². The highest BCUT2D eigenvalue weighted by atomic mass is 16.5. The van der Waals surface area contributed by atoms with Gasteiger partial charge in [0.25, 0.3) is 0 Å². The van der Waals surface area contributed by atoms with Crippen molar-refractivity contribution in [2.75, 3.05) is 32.8 Å². The number of nitrogens with two attached hydrogens (primary N) is 1. The van der Waals surface area contributed by atoms with Crippen molar-refractivity contribution >= 4 is 5.91 Å². The van der Waals surface area contributed by atoms with Crippen LogP contribution in [-0.2, 0) is 14.3 Å². The van der Waals surface area contributed by atoms with Crippen LogP contribution in [0.15, 0.2) is 0 Å². The summed E-state index contributed by atoms with van der Waals surface area (Å²) < 4.78 is 10.9. The molecule has 0 aromatic rings. The molecule has 1 saturated heterocycles. The molecule has 0 aliphatic carbocycles. The first-order chi connectivity index (χ1) is 8.17. The molecular formula is C12H24N2O3. The highest BCUT2D eigenvalue weighted by molar-refractivity contribution is 5.76. The predicted octanol–water partition coefficient (Wildman–Crippen LogP) is 0.378. The standard InChI is InChI=1S/C12H24N2O3/c1-3-16-11(8-13)7-12(15)14-5-4-6-17-10(2)9-14/h10-11H,3-9,13H2,1-2H3. The van der Waals surface area contributed by atoms with Gasteiger partial charge in [-0.15, -0.1) is 0 Å². The lowest BCUT2D eigenvalue weighted by molar-refractivity contribution is -0.134. The Kier molecular flexibility index (Phi) is 6.47. The molecule has 1 amide bonds. The number of hydrogen-bond acceptors (Lipinski definition) is 4. The van der Waals surface area contributed by atoms with Gasteiger partial charge in [0.15, 0.2) is 0 Å². The molecule has 5 nitrogen and oxygen atoms in total. The van der Waals surface area contributed by atoms with E-state index in [1.807, 2.05) is 18.7 Å². The average molecular weight is 244 g/mol. The fraction of sp³-hybridized carbons (Fsp3) is 0.917. The number of ether oxygens (including phenoxy) is 2. The van der Waals surface area contributed by atoms with Gasteiger partial charge in [-0.2, -0.15) is 0 Å². The molecule has 2 unspecified atom stereocenters. The van der Waals surface area contributed by atoms with Gasteiger partial charge < -0.3 is 20.1 Å². The summed E-state index contributed by atoms with van der Waals surface area (Å²) in [6.45, 7) is 7.06. The van der Waals surface area contributed by atoms with Crippen LogP contribution in [0.25, 0.3) is 0 Å². The summed E-state index contributed by atoms with van der Waals surface area (Å²) in [6.07, 6.45) is 1.23. The van der Waals surface area contributed by atoms with Crippen molar-refractivity contribution in [1.29, 1.82) is 0 Å². The van der Waals surface area contributed by atoms with Crippen LogP contribution in [-0.4, -0.2) is 55.9 Å². The van der Waals surface area contributed by atoms with Crippen LogP contribution in [0.2, 0.25) is 0 Å². The minimum Gasteiger partial charge on any atom is -0.377 e. The molecule has 1 heterocycles. The molecule has 0 saturated carbocycles. The first-order valence-electron chi connectivity index (χ1n) is 6.38. The van der Waals surface area contributed by atoms with Crippen LogP contribution >= 0.6 is 0 Å². The van der Waals surface area contributed by atoms with Gasteiger partial charge in [-0.05, 0) is 20.3 Å². The number of carbonyl (C=O) groups is 1. The zero-order chi connectivity index (χ0) is 12.7. The Bertz CT molecular complexity index is 236. The summed E-state index contributed by atoms with van der Waals surface area (Å²) in [7, 11) is 0. The van der Waals surface area contributed by atoms with E-state index < -0.39 is 0 Å². The van der Waals surface area contributed by atoms with E-state index in [2.05, 4.69) is 0 Å². The van der Waals surface area contributed by atoms with Crippen molar-refractivity contribution in [2.45, 2.75) is 38.9 Å². The summed E-state index contributed by atoms with van der Waals surface area (Å²) in [5.74, 6) is 0.117. The Balaban J connectivity index is 2.44. The maximum atomic E-state index is 12.1. The van der Waals surface area contributed by atoms with E-state index in [9.17, 15) is 4.79 Å². The molecule has 2 atom stereocenters. The third-order valence-corrected chi connectivity index (χ3v) is 2.87. The molecule has 0 spiro atoms. The fourth-order valence-corrected chi connectivity index (χ4v) is 1.99. The Morgan fingerprint density at radius 3 is 3.06 bits per heavy atom. The normalized spacial score (nSPS) is 23.2. The number of amides is 1. The van der Waals surface area contributed by atoms with Crippen LogP contribution in [0.4, 0.5) is 0 Å². The Morgan fingerprint density at radius 2 is 2.41 bits per heavy atom. The molecule has 1 aliphatic heterocycles. The quantitative estimate of drug-likeness (QED) is 0.759. The molecule has 0 bridgehead atoms. The summed E-state index contributed by atoms with van der Waals surface area (Å²) in [6, 6.07) is 0. The molecule has 1 rings (SSSR count). The van der Waals surface area contributed by atoms with Crippen LogP contribution in [0.5, 0.6) is 0 Å². The third kappa shape index (κ3) is 5.02. The molecule has 0 radical (unpaired) electrons. The number of hydrogen-bond donors (Lipinski definition) is 1. The monoisotopic (exact) mass is 244 g/mol. The van der Waals surface area contributed by atoms with Gasteiger partial charge in [-0.25, -0.2) is 0 Å². The second-order valence-corrected chi connectivity index (χ2v) is 4.39. The lowest BCUT2D eigenvalue weighted by Crippen LogP contribution is -2.39. The van der Waals surface area contributed by atoms with E-state index in [1.54, 1.807) is 0 Å². The molecule has 0 aromatic heterocycles. The van der Waals surface area contributed by atoms with Crippen LogP contribution in [0.3, 0.4) is 0 Å². The predicted molar refractivity (Wildman–Crippen MR) is 65.7 cm³/mol. The second kappa shape index (κ2) is 7.63. The minimum absolute atomic E-state index is 0.116. The first kappa shape index (κ1) is 14.4. The Labute approximate surface area is 103 Å². The third-order valence-electron chi connectivity index (χ3n) is 2.87. The topological polar surface area (TPSA) is 64.8 Å². The molecule has 0 aromatic carbocycles. The molecule has 17 heavy (non-hydrogen) atoms. The van der Waals surface area contributed by atoms with Gasteiger partial charge in [0.2, 0.25) is 5.91 Å². The van der Waals surface area contributed by atoms with Crippen LogP contribution < -0.4 is 5.73 Å². The maximum absolute atomic E-state index is 12.1. The van der Waals surface area contributed by atoms with E-state index in [0.717, 1.165) is 19.6 Å². The van der Waals surface area contributed by atoms with Crippen molar-refractivity contribution in [3.63, 3.8) is 0 Å². The van der Waals surface area contributed by atoms with Gasteiger partial charge in [0.05, 0.1) is 18.6 Å². The number of rotatable bonds is 5.